The van der Waals surface area contributed by atoms with Crippen molar-refractivity contribution in [2.24, 2.45) is 17.8 Å². The van der Waals surface area contributed by atoms with Crippen molar-refractivity contribution in [1.82, 2.24) is 4.90 Å². The van der Waals surface area contributed by atoms with Gasteiger partial charge in [0, 0.05) is 28.9 Å². The van der Waals surface area contributed by atoms with Crippen LogP contribution >= 0.6 is 39.3 Å². The molecular formula is C35H41BrClN3O5S. The standard InChI is InChI=1S/C35H41BrClN3O5S/c1-6-17-38(22-13-15-23(16-14-22)45-8-3)32(42)28-29-33(43)40(27(20-41)21(4)5)31(35(29)19-24(36)30(28)46-35)34(44)39(18-7-2)26-12-10-9-11-25(26)37/h6-7,9-16,21,24,27-31,41H,1-2,8,17-20H2,3-5H3/t24?,27-,28+,29-,30+,31?,35?/m0/s1. The number of likely N-dealkylation sites (tertiary alicyclic amines) is 1. The number of thioether (sulfide) groups is 1. The SMILES string of the molecule is C=CCN(C(=O)[C@H]1[C@@H]2SC3(CC2Br)C(C(=O)N(CC=C)c2ccccc2Cl)N([C@@H](CO)C(C)C)C(=O)[C@H]13)c1ccc(OCC)cc1. The maximum absolute atomic E-state index is 14.9. The molecule has 46 heavy (non-hydrogen) atoms. The van der Waals surface area contributed by atoms with Gasteiger partial charge >= 0.3 is 0 Å². The van der Waals surface area contributed by atoms with Gasteiger partial charge in [-0.3, -0.25) is 14.4 Å². The third-order valence-electron chi connectivity index (χ3n) is 9.32. The zero-order chi connectivity index (χ0) is 33.3. The summed E-state index contributed by atoms with van der Waals surface area (Å²) < 4.78 is 4.70. The molecule has 5 rings (SSSR count). The average molecular weight is 731 g/mol. The topological polar surface area (TPSA) is 90.4 Å². The van der Waals surface area contributed by atoms with Crippen LogP contribution in [0.4, 0.5) is 11.4 Å². The molecule has 3 amide bonds. The Labute approximate surface area is 288 Å². The first-order chi connectivity index (χ1) is 22.1. The fourth-order valence-electron chi connectivity index (χ4n) is 7.38. The van der Waals surface area contributed by atoms with E-state index in [1.165, 1.54) is 0 Å². The fourth-order valence-corrected chi connectivity index (χ4v) is 11.2. The first-order valence-corrected chi connectivity index (χ1v) is 17.8. The van der Waals surface area contributed by atoms with Crippen molar-refractivity contribution in [2.45, 2.75) is 54.1 Å². The van der Waals surface area contributed by atoms with Crippen molar-refractivity contribution in [3.63, 3.8) is 0 Å². The number of carbonyl (C=O) groups is 3. The van der Waals surface area contributed by atoms with Gasteiger partial charge in [0.2, 0.25) is 11.8 Å². The van der Waals surface area contributed by atoms with Crippen molar-refractivity contribution in [3.05, 3.63) is 78.9 Å². The number of hydrogen-bond donors (Lipinski definition) is 1. The van der Waals surface area contributed by atoms with Gasteiger partial charge in [-0.1, -0.05) is 65.7 Å². The summed E-state index contributed by atoms with van der Waals surface area (Å²) in [6.45, 7) is 14.2. The number of benzene rings is 2. The van der Waals surface area contributed by atoms with E-state index in [4.69, 9.17) is 16.3 Å². The van der Waals surface area contributed by atoms with E-state index in [-0.39, 0.29) is 53.4 Å². The Bertz CT molecular complexity index is 1490. The molecule has 7 atom stereocenters. The molecule has 2 aromatic carbocycles. The van der Waals surface area contributed by atoms with Gasteiger partial charge in [-0.25, -0.2) is 0 Å². The smallest absolute Gasteiger partial charge is 0.251 e. The van der Waals surface area contributed by atoms with Crippen LogP contribution in [0.3, 0.4) is 0 Å². The lowest BCUT2D eigenvalue weighted by molar-refractivity contribution is -0.142. The van der Waals surface area contributed by atoms with Crippen LogP contribution in [0.5, 0.6) is 5.75 Å². The number of ether oxygens (including phenoxy) is 1. The van der Waals surface area contributed by atoms with Crippen LogP contribution < -0.4 is 14.5 Å². The molecule has 3 aliphatic rings. The van der Waals surface area contributed by atoms with Gasteiger partial charge < -0.3 is 24.5 Å². The number of hydrogen-bond acceptors (Lipinski definition) is 6. The highest BCUT2D eigenvalue weighted by molar-refractivity contribution is 9.09. The fraction of sp³-hybridized carbons (Fsp3) is 0.457. The first kappa shape index (κ1) is 34.5. The van der Waals surface area contributed by atoms with Crippen LogP contribution in [0.2, 0.25) is 5.02 Å². The van der Waals surface area contributed by atoms with Crippen LogP contribution in [-0.2, 0) is 14.4 Å². The minimum Gasteiger partial charge on any atom is -0.494 e. The van der Waals surface area contributed by atoms with E-state index in [1.54, 1.807) is 56.8 Å². The van der Waals surface area contributed by atoms with E-state index < -0.39 is 28.7 Å². The second kappa shape index (κ2) is 14.1. The lowest BCUT2D eigenvalue weighted by atomic mass is 9.70. The van der Waals surface area contributed by atoms with Gasteiger partial charge in [-0.05, 0) is 55.7 Å². The van der Waals surface area contributed by atoms with Crippen LogP contribution in [0.25, 0.3) is 0 Å². The van der Waals surface area contributed by atoms with Crippen molar-refractivity contribution < 1.29 is 24.2 Å². The van der Waals surface area contributed by atoms with Crippen LogP contribution in [0.1, 0.15) is 27.2 Å². The molecule has 11 heteroatoms. The van der Waals surface area contributed by atoms with Crippen molar-refractivity contribution in [1.29, 1.82) is 0 Å². The van der Waals surface area contributed by atoms with Crippen molar-refractivity contribution >= 4 is 68.4 Å². The third kappa shape index (κ3) is 5.80. The highest BCUT2D eigenvalue weighted by Gasteiger charge is 2.76. The molecule has 0 aromatic heterocycles. The Balaban J connectivity index is 1.62. The minimum absolute atomic E-state index is 0.114. The number of aliphatic hydroxyl groups excluding tert-OH is 1. The molecule has 3 unspecified atom stereocenters. The zero-order valence-electron chi connectivity index (χ0n) is 26.4. The number of nitrogens with zero attached hydrogens (tertiary/aromatic N) is 3. The largest absolute Gasteiger partial charge is 0.494 e. The van der Waals surface area contributed by atoms with Crippen LogP contribution in [0, 0.1) is 17.8 Å². The summed E-state index contributed by atoms with van der Waals surface area (Å²) in [4.78, 5) is 49.1. The molecule has 3 saturated heterocycles. The number of fused-ring (bicyclic) bond motifs is 1. The number of halogens is 2. The summed E-state index contributed by atoms with van der Waals surface area (Å²) in [7, 11) is 0. The number of alkyl halides is 1. The summed E-state index contributed by atoms with van der Waals surface area (Å²) in [5.74, 6) is -1.70. The second-order valence-electron chi connectivity index (χ2n) is 12.3. The van der Waals surface area contributed by atoms with E-state index in [9.17, 15) is 19.5 Å². The van der Waals surface area contributed by atoms with Crippen LogP contribution in [-0.4, -0.2) is 80.9 Å². The number of rotatable bonds is 13. The van der Waals surface area contributed by atoms with E-state index >= 15 is 0 Å². The maximum Gasteiger partial charge on any atom is 0.251 e. The molecule has 3 fully saturated rings. The normalized spacial score (nSPS) is 27.0. The van der Waals surface area contributed by atoms with Crippen molar-refractivity contribution in [3.8, 4) is 5.75 Å². The molecule has 246 valence electrons. The summed E-state index contributed by atoms with van der Waals surface area (Å²) in [5, 5.41) is 10.8. The first-order valence-electron chi connectivity index (χ1n) is 15.6. The number of aliphatic hydroxyl groups is 1. The predicted molar refractivity (Wildman–Crippen MR) is 189 cm³/mol. The lowest BCUT2D eigenvalue weighted by Crippen LogP contribution is -2.59. The van der Waals surface area contributed by atoms with E-state index in [0.717, 1.165) is 0 Å². The van der Waals surface area contributed by atoms with E-state index in [2.05, 4.69) is 29.1 Å². The Morgan fingerprint density at radius 3 is 2.37 bits per heavy atom. The quantitative estimate of drug-likeness (QED) is 0.202. The number of para-hydroxylation sites is 1. The Morgan fingerprint density at radius 2 is 1.78 bits per heavy atom. The van der Waals surface area contributed by atoms with E-state index in [0.29, 0.717) is 35.2 Å². The van der Waals surface area contributed by atoms with Gasteiger partial charge in [0.1, 0.15) is 11.8 Å². The number of amides is 3. The van der Waals surface area contributed by atoms with Gasteiger partial charge in [-0.15, -0.1) is 24.9 Å². The van der Waals surface area contributed by atoms with Gasteiger partial charge in [0.05, 0.1) is 46.5 Å². The number of anilines is 2. The van der Waals surface area contributed by atoms with Gasteiger partial charge in [-0.2, -0.15) is 0 Å². The molecule has 8 nitrogen and oxygen atoms in total. The zero-order valence-corrected chi connectivity index (χ0v) is 29.5. The van der Waals surface area contributed by atoms with Gasteiger partial charge in [0.25, 0.3) is 5.91 Å². The molecule has 3 aliphatic heterocycles. The molecule has 0 radical (unpaired) electrons. The highest BCUT2D eigenvalue weighted by atomic mass is 79.9. The Morgan fingerprint density at radius 1 is 1.13 bits per heavy atom. The summed E-state index contributed by atoms with van der Waals surface area (Å²) in [6, 6.07) is 12.8. The summed E-state index contributed by atoms with van der Waals surface area (Å²) in [5.41, 5.74) is 1.18. The van der Waals surface area contributed by atoms with Crippen molar-refractivity contribution in [2.75, 3.05) is 36.1 Å². The maximum atomic E-state index is 14.9. The molecule has 3 heterocycles. The minimum atomic E-state index is -0.938. The molecular weight excluding hydrogens is 690 g/mol. The molecule has 1 N–H and O–H groups in total. The highest BCUT2D eigenvalue weighted by Crippen LogP contribution is 2.68. The lowest BCUT2D eigenvalue weighted by Gasteiger charge is -2.41. The molecule has 0 saturated carbocycles. The molecule has 2 aromatic rings. The molecule has 2 bridgehead atoms. The molecule has 0 aliphatic carbocycles. The third-order valence-corrected chi connectivity index (χ3v) is 12.9. The summed E-state index contributed by atoms with van der Waals surface area (Å²) >= 11 is 12.0. The number of carbonyl (C=O) groups excluding carboxylic acids is 3. The summed E-state index contributed by atoms with van der Waals surface area (Å²) in [6.07, 6.45) is 3.81. The average Bonchev–Trinajstić information content (AvgIpc) is 3.63. The second-order valence-corrected chi connectivity index (χ2v) is 15.4. The van der Waals surface area contributed by atoms with E-state index in [1.807, 2.05) is 51.1 Å². The predicted octanol–water partition coefficient (Wildman–Crippen LogP) is 5.96. The Hall–Kier alpha value is -2.79. The monoisotopic (exact) mass is 729 g/mol. The Kier molecular flexibility index (Phi) is 10.6. The molecule has 1 spiro atoms. The van der Waals surface area contributed by atoms with Crippen LogP contribution in [0.15, 0.2) is 73.8 Å². The van der Waals surface area contributed by atoms with Gasteiger partial charge in [0.15, 0.2) is 0 Å².